The minimum absolute atomic E-state index is 0.854. The lowest BCUT2D eigenvalue weighted by molar-refractivity contribution is 0.706. The van der Waals surface area contributed by atoms with Gasteiger partial charge in [0.15, 0.2) is 0 Å². The van der Waals surface area contributed by atoms with Gasteiger partial charge in [-0.05, 0) is 31.2 Å². The highest BCUT2D eigenvalue weighted by Crippen LogP contribution is 2.16. The molecule has 0 radical (unpaired) electrons. The summed E-state index contributed by atoms with van der Waals surface area (Å²) in [5, 5.41) is 3.51. The number of aromatic nitrogens is 2. The summed E-state index contributed by atoms with van der Waals surface area (Å²) in [6.45, 7) is 3.91. The lowest BCUT2D eigenvalue weighted by atomic mass is 10.3. The van der Waals surface area contributed by atoms with Crippen LogP contribution in [0.1, 0.15) is 11.4 Å². The Balaban J connectivity index is 1.52. The zero-order valence-electron chi connectivity index (χ0n) is 12.1. The van der Waals surface area contributed by atoms with Gasteiger partial charge in [-0.25, -0.2) is 4.98 Å². The molecular weight excluding hydrogens is 278 g/mol. The second kappa shape index (κ2) is 6.78. The number of hydrogen-bond acceptors (Lipinski definition) is 3. The molecule has 3 aromatic rings. The third kappa shape index (κ3) is 3.46. The Morgan fingerprint density at radius 2 is 1.90 bits per heavy atom. The summed E-state index contributed by atoms with van der Waals surface area (Å²) in [4.78, 5) is 5.90. The molecule has 2 heterocycles. The number of imidazole rings is 1. The van der Waals surface area contributed by atoms with E-state index in [1.165, 1.54) is 10.6 Å². The van der Waals surface area contributed by atoms with Gasteiger partial charge in [-0.1, -0.05) is 24.3 Å². The van der Waals surface area contributed by atoms with Crippen LogP contribution in [0.25, 0.3) is 5.65 Å². The number of pyridine rings is 1. The van der Waals surface area contributed by atoms with Crippen LogP contribution in [-0.4, -0.2) is 21.7 Å². The van der Waals surface area contributed by atoms with Gasteiger partial charge in [-0.15, -0.1) is 11.8 Å². The number of aryl methyl sites for hydroxylation is 1. The molecule has 0 saturated carbocycles. The van der Waals surface area contributed by atoms with E-state index in [9.17, 15) is 0 Å². The fourth-order valence-corrected chi connectivity index (χ4v) is 3.17. The highest BCUT2D eigenvalue weighted by atomic mass is 32.2. The fourth-order valence-electron chi connectivity index (χ4n) is 2.34. The Kier molecular flexibility index (Phi) is 4.58. The molecule has 1 N–H and O–H groups in total. The van der Waals surface area contributed by atoms with E-state index < -0.39 is 0 Å². The van der Waals surface area contributed by atoms with E-state index in [1.807, 2.05) is 30.0 Å². The van der Waals surface area contributed by atoms with Crippen molar-refractivity contribution in [1.82, 2.24) is 14.7 Å². The molecule has 0 saturated heterocycles. The number of hydrogen-bond donors (Lipinski definition) is 1. The first kappa shape index (κ1) is 14.2. The van der Waals surface area contributed by atoms with Gasteiger partial charge in [0.25, 0.3) is 0 Å². The lowest BCUT2D eigenvalue weighted by Gasteiger charge is -2.06. The van der Waals surface area contributed by atoms with Crippen LogP contribution in [0.5, 0.6) is 0 Å². The molecule has 0 amide bonds. The van der Waals surface area contributed by atoms with Crippen molar-refractivity contribution in [2.45, 2.75) is 18.4 Å². The van der Waals surface area contributed by atoms with Gasteiger partial charge in [-0.3, -0.25) is 0 Å². The van der Waals surface area contributed by atoms with E-state index >= 15 is 0 Å². The maximum atomic E-state index is 4.58. The maximum Gasteiger partial charge on any atom is 0.137 e. The van der Waals surface area contributed by atoms with Crippen LogP contribution in [0.4, 0.5) is 0 Å². The van der Waals surface area contributed by atoms with Crippen molar-refractivity contribution in [3.05, 3.63) is 66.1 Å². The standard InChI is InChI=1S/C17H19N3S/c1-14-16(20-11-6-5-9-17(20)19-14)13-18-10-12-21-15-7-3-2-4-8-15/h2-9,11,18H,10,12-13H2,1H3. The smallest absolute Gasteiger partial charge is 0.137 e. The van der Waals surface area contributed by atoms with Crippen LogP contribution in [-0.2, 0) is 6.54 Å². The topological polar surface area (TPSA) is 29.3 Å². The molecule has 3 nitrogen and oxygen atoms in total. The summed E-state index contributed by atoms with van der Waals surface area (Å²) in [6.07, 6.45) is 2.07. The molecule has 3 rings (SSSR count). The summed E-state index contributed by atoms with van der Waals surface area (Å²) in [5.41, 5.74) is 3.37. The first-order valence-electron chi connectivity index (χ1n) is 7.16. The highest BCUT2D eigenvalue weighted by Gasteiger charge is 2.06. The molecule has 0 atom stereocenters. The van der Waals surface area contributed by atoms with Crippen LogP contribution in [0.15, 0.2) is 59.6 Å². The fraction of sp³-hybridized carbons (Fsp3) is 0.235. The van der Waals surface area contributed by atoms with Crippen LogP contribution in [0, 0.1) is 6.92 Å². The Bertz CT molecular complexity index is 706. The van der Waals surface area contributed by atoms with Crippen LogP contribution < -0.4 is 5.32 Å². The first-order chi connectivity index (χ1) is 10.3. The SMILES string of the molecule is Cc1nc2ccccn2c1CNCCSc1ccccc1. The molecule has 1 aromatic carbocycles. The van der Waals surface area contributed by atoms with Gasteiger partial charge in [0.2, 0.25) is 0 Å². The molecule has 108 valence electrons. The van der Waals surface area contributed by atoms with Crippen LogP contribution in [0.2, 0.25) is 0 Å². The monoisotopic (exact) mass is 297 g/mol. The number of fused-ring (bicyclic) bond motifs is 1. The molecule has 0 aliphatic carbocycles. The molecule has 0 fully saturated rings. The molecule has 0 aliphatic rings. The number of rotatable bonds is 6. The minimum Gasteiger partial charge on any atom is -0.310 e. The normalized spacial score (nSPS) is 11.1. The quantitative estimate of drug-likeness (QED) is 0.557. The zero-order chi connectivity index (χ0) is 14.5. The largest absolute Gasteiger partial charge is 0.310 e. The third-order valence-electron chi connectivity index (χ3n) is 3.41. The van der Waals surface area contributed by atoms with Gasteiger partial charge in [-0.2, -0.15) is 0 Å². The first-order valence-corrected chi connectivity index (χ1v) is 8.14. The number of thioether (sulfide) groups is 1. The number of nitrogens with one attached hydrogen (secondary N) is 1. The second-order valence-electron chi connectivity index (χ2n) is 4.91. The van der Waals surface area contributed by atoms with Crippen molar-refractivity contribution in [3.63, 3.8) is 0 Å². The number of nitrogens with zero attached hydrogens (tertiary/aromatic N) is 2. The van der Waals surface area contributed by atoms with Crippen LogP contribution in [0.3, 0.4) is 0 Å². The summed E-state index contributed by atoms with van der Waals surface area (Å²) >= 11 is 1.88. The Morgan fingerprint density at radius 1 is 1.10 bits per heavy atom. The van der Waals surface area contributed by atoms with Crippen molar-refractivity contribution in [3.8, 4) is 0 Å². The minimum atomic E-state index is 0.854. The van der Waals surface area contributed by atoms with E-state index in [0.717, 1.165) is 30.2 Å². The van der Waals surface area contributed by atoms with Crippen molar-refractivity contribution in [1.29, 1.82) is 0 Å². The zero-order valence-corrected chi connectivity index (χ0v) is 12.9. The third-order valence-corrected chi connectivity index (χ3v) is 4.43. The molecule has 0 aliphatic heterocycles. The molecule has 0 bridgehead atoms. The van der Waals surface area contributed by atoms with E-state index in [4.69, 9.17) is 0 Å². The van der Waals surface area contributed by atoms with Crippen molar-refractivity contribution in [2.75, 3.05) is 12.3 Å². The van der Waals surface area contributed by atoms with Gasteiger partial charge < -0.3 is 9.72 Å². The summed E-state index contributed by atoms with van der Waals surface area (Å²) in [6, 6.07) is 16.6. The molecule has 4 heteroatoms. The van der Waals surface area contributed by atoms with Crippen molar-refractivity contribution in [2.24, 2.45) is 0 Å². The van der Waals surface area contributed by atoms with E-state index in [0.29, 0.717) is 0 Å². The van der Waals surface area contributed by atoms with E-state index in [1.54, 1.807) is 0 Å². The summed E-state index contributed by atoms with van der Waals surface area (Å²) in [7, 11) is 0. The Hall–Kier alpha value is -1.78. The lowest BCUT2D eigenvalue weighted by Crippen LogP contribution is -2.18. The number of benzene rings is 1. The average Bonchev–Trinajstić information content (AvgIpc) is 2.84. The van der Waals surface area contributed by atoms with Crippen LogP contribution >= 0.6 is 11.8 Å². The van der Waals surface area contributed by atoms with E-state index in [-0.39, 0.29) is 0 Å². The summed E-state index contributed by atoms with van der Waals surface area (Å²) < 4.78 is 2.16. The van der Waals surface area contributed by atoms with Gasteiger partial charge in [0.05, 0.1) is 11.4 Å². The predicted octanol–water partition coefficient (Wildman–Crippen LogP) is 3.52. The highest BCUT2D eigenvalue weighted by molar-refractivity contribution is 7.99. The van der Waals surface area contributed by atoms with Crippen molar-refractivity contribution < 1.29 is 0 Å². The Morgan fingerprint density at radius 3 is 2.76 bits per heavy atom. The van der Waals surface area contributed by atoms with Gasteiger partial charge in [0, 0.05) is 29.9 Å². The maximum absolute atomic E-state index is 4.58. The molecular formula is C17H19N3S. The average molecular weight is 297 g/mol. The Labute approximate surface area is 129 Å². The predicted molar refractivity (Wildman–Crippen MR) is 88.8 cm³/mol. The van der Waals surface area contributed by atoms with Gasteiger partial charge in [0.1, 0.15) is 5.65 Å². The van der Waals surface area contributed by atoms with Gasteiger partial charge >= 0.3 is 0 Å². The summed E-state index contributed by atoms with van der Waals surface area (Å²) in [5.74, 6) is 1.07. The molecule has 0 spiro atoms. The van der Waals surface area contributed by atoms with Crippen molar-refractivity contribution >= 4 is 17.4 Å². The second-order valence-corrected chi connectivity index (χ2v) is 6.08. The van der Waals surface area contributed by atoms with E-state index in [2.05, 4.69) is 58.2 Å². The molecule has 0 unspecified atom stereocenters. The molecule has 2 aromatic heterocycles. The molecule has 21 heavy (non-hydrogen) atoms.